The van der Waals surface area contributed by atoms with E-state index in [-0.39, 0.29) is 6.09 Å². The van der Waals surface area contributed by atoms with E-state index in [1.54, 1.807) is 7.11 Å². The molecule has 0 radical (unpaired) electrons. The molecule has 1 heterocycles. The van der Waals surface area contributed by atoms with Crippen molar-refractivity contribution in [3.8, 4) is 0 Å². The number of rotatable bonds is 5. The molecule has 0 unspecified atom stereocenters. The molecule has 1 amide bonds. The monoisotopic (exact) mass is 286 g/mol. The first-order valence-electron chi connectivity index (χ1n) is 7.54. The second kappa shape index (κ2) is 7.84. The van der Waals surface area contributed by atoms with E-state index in [4.69, 9.17) is 9.47 Å². The third-order valence-corrected chi connectivity index (χ3v) is 3.46. The van der Waals surface area contributed by atoms with Gasteiger partial charge in [-0.2, -0.15) is 0 Å². The van der Waals surface area contributed by atoms with E-state index in [2.05, 4.69) is 11.8 Å². The molecule has 0 saturated carbocycles. The molecule has 0 aromatic rings. The summed E-state index contributed by atoms with van der Waals surface area (Å²) in [5.41, 5.74) is -0.419. The maximum atomic E-state index is 12.0. The highest BCUT2D eigenvalue weighted by molar-refractivity contribution is 5.68. The number of carbonyl (C=O) groups excluding carboxylic acids is 1. The van der Waals surface area contributed by atoms with Gasteiger partial charge >= 0.3 is 6.09 Å². The Balaban J connectivity index is 2.33. The molecule has 0 bridgehead atoms. The number of carbonyl (C=O) groups is 1. The van der Waals surface area contributed by atoms with Crippen LogP contribution in [-0.4, -0.2) is 67.4 Å². The molecule has 0 aromatic carbocycles. The molecule has 20 heavy (non-hydrogen) atoms. The van der Waals surface area contributed by atoms with Crippen molar-refractivity contribution in [1.82, 2.24) is 9.80 Å². The minimum Gasteiger partial charge on any atom is -0.444 e. The fraction of sp³-hybridized carbons (Fsp3) is 0.933. The molecule has 0 spiro atoms. The standard InChI is InChI=1S/C15H30N2O3/c1-13-12-17(14(18)20-15(2,3)4)10-9-16(13)8-6-7-11-19-5/h13H,6-12H2,1-5H3/t13-/m1/s1. The van der Waals surface area contributed by atoms with E-state index in [1.165, 1.54) is 0 Å². The molecule has 1 fully saturated rings. The number of piperazine rings is 1. The second-order valence-electron chi connectivity index (χ2n) is 6.51. The lowest BCUT2D eigenvalue weighted by Gasteiger charge is -2.40. The van der Waals surface area contributed by atoms with Crippen molar-refractivity contribution >= 4 is 6.09 Å². The third kappa shape index (κ3) is 6.09. The van der Waals surface area contributed by atoms with Crippen LogP contribution < -0.4 is 0 Å². The summed E-state index contributed by atoms with van der Waals surface area (Å²) in [5, 5.41) is 0. The van der Waals surface area contributed by atoms with Gasteiger partial charge in [0.15, 0.2) is 0 Å². The smallest absolute Gasteiger partial charge is 0.410 e. The molecule has 1 atom stereocenters. The summed E-state index contributed by atoms with van der Waals surface area (Å²) in [7, 11) is 1.74. The zero-order valence-corrected chi connectivity index (χ0v) is 13.6. The van der Waals surface area contributed by atoms with Crippen molar-refractivity contribution in [2.24, 2.45) is 0 Å². The van der Waals surface area contributed by atoms with Gasteiger partial charge in [0.1, 0.15) is 5.60 Å². The van der Waals surface area contributed by atoms with Crippen LogP contribution in [0.25, 0.3) is 0 Å². The van der Waals surface area contributed by atoms with Crippen molar-refractivity contribution in [2.45, 2.75) is 52.2 Å². The minimum atomic E-state index is -0.419. The van der Waals surface area contributed by atoms with Gasteiger partial charge < -0.3 is 14.4 Å². The molecule has 1 rings (SSSR count). The first kappa shape index (κ1) is 17.2. The predicted octanol–water partition coefficient (Wildman–Crippen LogP) is 2.35. The van der Waals surface area contributed by atoms with Crippen LogP contribution >= 0.6 is 0 Å². The Morgan fingerprint density at radius 3 is 2.50 bits per heavy atom. The first-order valence-corrected chi connectivity index (χ1v) is 7.54. The van der Waals surface area contributed by atoms with Crippen molar-refractivity contribution < 1.29 is 14.3 Å². The molecule has 1 saturated heterocycles. The Morgan fingerprint density at radius 2 is 1.95 bits per heavy atom. The van der Waals surface area contributed by atoms with E-state index in [1.807, 2.05) is 25.7 Å². The molecule has 0 aromatic heterocycles. The highest BCUT2D eigenvalue weighted by Crippen LogP contribution is 2.15. The van der Waals surface area contributed by atoms with Crippen LogP contribution in [0.1, 0.15) is 40.5 Å². The van der Waals surface area contributed by atoms with E-state index in [0.717, 1.165) is 45.6 Å². The maximum absolute atomic E-state index is 12.0. The fourth-order valence-corrected chi connectivity index (χ4v) is 2.38. The lowest BCUT2D eigenvalue weighted by atomic mass is 10.1. The van der Waals surface area contributed by atoms with Gasteiger partial charge in [-0.3, -0.25) is 4.90 Å². The van der Waals surface area contributed by atoms with Crippen molar-refractivity contribution in [1.29, 1.82) is 0 Å². The molecule has 5 heteroatoms. The van der Waals surface area contributed by atoms with E-state index >= 15 is 0 Å². The number of amides is 1. The average Bonchev–Trinajstić information content (AvgIpc) is 2.34. The average molecular weight is 286 g/mol. The van der Waals surface area contributed by atoms with E-state index in [9.17, 15) is 4.79 Å². The molecule has 1 aliphatic rings. The van der Waals surface area contributed by atoms with Gasteiger partial charge in [0.25, 0.3) is 0 Å². The largest absolute Gasteiger partial charge is 0.444 e. The Kier molecular flexibility index (Phi) is 6.76. The van der Waals surface area contributed by atoms with Crippen LogP contribution in [-0.2, 0) is 9.47 Å². The van der Waals surface area contributed by atoms with Crippen molar-refractivity contribution in [3.63, 3.8) is 0 Å². The van der Waals surface area contributed by atoms with Crippen LogP contribution in [0.3, 0.4) is 0 Å². The van der Waals surface area contributed by atoms with Gasteiger partial charge in [-0.1, -0.05) is 0 Å². The summed E-state index contributed by atoms with van der Waals surface area (Å²) in [6.07, 6.45) is 2.04. The van der Waals surface area contributed by atoms with Crippen LogP contribution in [0.4, 0.5) is 4.79 Å². The molecule has 5 nitrogen and oxygen atoms in total. The number of hydrogen-bond donors (Lipinski definition) is 0. The lowest BCUT2D eigenvalue weighted by molar-refractivity contribution is 0.00543. The number of hydrogen-bond acceptors (Lipinski definition) is 4. The quantitative estimate of drug-likeness (QED) is 0.728. The number of nitrogens with zero attached hydrogens (tertiary/aromatic N) is 2. The topological polar surface area (TPSA) is 42.0 Å². The Bertz CT molecular complexity index is 302. The Labute approximate surface area is 123 Å². The van der Waals surface area contributed by atoms with Crippen LogP contribution in [0.5, 0.6) is 0 Å². The first-order chi connectivity index (χ1) is 9.33. The van der Waals surface area contributed by atoms with Crippen molar-refractivity contribution in [2.75, 3.05) is 39.9 Å². The zero-order chi connectivity index (χ0) is 15.2. The molecule has 1 aliphatic heterocycles. The summed E-state index contributed by atoms with van der Waals surface area (Å²) in [6, 6.07) is 0.388. The summed E-state index contributed by atoms with van der Waals surface area (Å²) in [4.78, 5) is 16.3. The molecule has 0 N–H and O–H groups in total. The van der Waals surface area contributed by atoms with Crippen LogP contribution in [0.2, 0.25) is 0 Å². The van der Waals surface area contributed by atoms with Gasteiger partial charge in [-0.25, -0.2) is 4.79 Å². The highest BCUT2D eigenvalue weighted by atomic mass is 16.6. The second-order valence-corrected chi connectivity index (χ2v) is 6.51. The van der Waals surface area contributed by atoms with Crippen LogP contribution in [0, 0.1) is 0 Å². The zero-order valence-electron chi connectivity index (χ0n) is 13.6. The maximum Gasteiger partial charge on any atom is 0.410 e. The lowest BCUT2D eigenvalue weighted by Crippen LogP contribution is -2.54. The number of unbranched alkanes of at least 4 members (excludes halogenated alkanes) is 1. The number of methoxy groups -OCH3 is 1. The van der Waals surface area contributed by atoms with Crippen molar-refractivity contribution in [3.05, 3.63) is 0 Å². The summed E-state index contributed by atoms with van der Waals surface area (Å²) in [6.45, 7) is 12.2. The molecule has 0 aliphatic carbocycles. The van der Waals surface area contributed by atoms with Gasteiger partial charge in [0.2, 0.25) is 0 Å². The minimum absolute atomic E-state index is 0.191. The summed E-state index contributed by atoms with van der Waals surface area (Å²) in [5.74, 6) is 0. The van der Waals surface area contributed by atoms with Crippen LogP contribution in [0.15, 0.2) is 0 Å². The Morgan fingerprint density at radius 1 is 1.25 bits per heavy atom. The summed E-state index contributed by atoms with van der Waals surface area (Å²) >= 11 is 0. The van der Waals surface area contributed by atoms with Gasteiger partial charge in [0, 0.05) is 39.4 Å². The molecular formula is C15H30N2O3. The fourth-order valence-electron chi connectivity index (χ4n) is 2.38. The van der Waals surface area contributed by atoms with Gasteiger partial charge in [0.05, 0.1) is 0 Å². The SMILES string of the molecule is COCCCCN1CCN(C(=O)OC(C)(C)C)C[C@H]1C. The molecular weight excluding hydrogens is 256 g/mol. The summed E-state index contributed by atoms with van der Waals surface area (Å²) < 4.78 is 10.5. The normalized spacial score (nSPS) is 21.1. The number of ether oxygens (including phenoxy) is 2. The van der Waals surface area contributed by atoms with E-state index < -0.39 is 5.60 Å². The van der Waals surface area contributed by atoms with Gasteiger partial charge in [-0.15, -0.1) is 0 Å². The molecule has 118 valence electrons. The predicted molar refractivity (Wildman–Crippen MR) is 80.0 cm³/mol. The Hall–Kier alpha value is -0.810. The third-order valence-electron chi connectivity index (χ3n) is 3.46. The van der Waals surface area contributed by atoms with Gasteiger partial charge in [-0.05, 0) is 47.1 Å². The van der Waals surface area contributed by atoms with E-state index in [0.29, 0.717) is 6.04 Å². The highest BCUT2D eigenvalue weighted by Gasteiger charge is 2.29.